The zero-order chi connectivity index (χ0) is 16.4. The van der Waals surface area contributed by atoms with Crippen LogP contribution in [0.5, 0.6) is 0 Å². The average Bonchev–Trinajstić information content (AvgIpc) is 3.27. The van der Waals surface area contributed by atoms with Crippen molar-refractivity contribution in [3.63, 3.8) is 0 Å². The van der Waals surface area contributed by atoms with Gasteiger partial charge < -0.3 is 10.6 Å². The highest BCUT2D eigenvalue weighted by molar-refractivity contribution is 5.82. The number of carbonyl (C=O) groups excluding carboxylic acids is 2. The van der Waals surface area contributed by atoms with Crippen LogP contribution in [-0.2, 0) is 16.0 Å². The molecule has 23 heavy (non-hydrogen) atoms. The number of fused-ring (bicyclic) bond motifs is 1. The van der Waals surface area contributed by atoms with Gasteiger partial charge >= 0.3 is 0 Å². The van der Waals surface area contributed by atoms with Gasteiger partial charge in [-0.05, 0) is 42.2 Å². The van der Waals surface area contributed by atoms with E-state index in [9.17, 15) is 9.59 Å². The summed E-state index contributed by atoms with van der Waals surface area (Å²) in [5, 5.41) is 6.04. The second-order valence-corrected chi connectivity index (χ2v) is 7.12. The minimum absolute atomic E-state index is 0.0164. The maximum absolute atomic E-state index is 12.2. The van der Waals surface area contributed by atoms with E-state index in [1.54, 1.807) is 0 Å². The molecule has 2 amide bonds. The van der Waals surface area contributed by atoms with Crippen LogP contribution < -0.4 is 10.6 Å². The van der Waals surface area contributed by atoms with Gasteiger partial charge in [-0.15, -0.1) is 0 Å². The number of amides is 2. The summed E-state index contributed by atoms with van der Waals surface area (Å²) in [4.78, 5) is 24.0. The third-order valence-electron chi connectivity index (χ3n) is 5.24. The molecule has 2 N–H and O–H groups in total. The average molecular weight is 314 g/mol. The first-order valence-corrected chi connectivity index (χ1v) is 8.71. The number of benzene rings is 1. The molecule has 4 nitrogen and oxygen atoms in total. The van der Waals surface area contributed by atoms with Gasteiger partial charge in [0.2, 0.25) is 11.8 Å². The maximum atomic E-state index is 12.2. The first-order valence-electron chi connectivity index (χ1n) is 8.71. The third-order valence-corrected chi connectivity index (χ3v) is 5.24. The summed E-state index contributed by atoms with van der Waals surface area (Å²) in [7, 11) is 0. The Hall–Kier alpha value is -1.84. The molecular formula is C19H26N2O2. The van der Waals surface area contributed by atoms with E-state index in [0.717, 1.165) is 19.3 Å². The third kappa shape index (κ3) is 3.74. The minimum atomic E-state index is 0.0164. The smallest absolute Gasteiger partial charge is 0.223 e. The fraction of sp³-hybridized carbons (Fsp3) is 0.579. The number of carbonyl (C=O) groups is 2. The summed E-state index contributed by atoms with van der Waals surface area (Å²) in [6.07, 6.45) is 3.50. The van der Waals surface area contributed by atoms with Crippen LogP contribution >= 0.6 is 0 Å². The standard InChI is InChI=1S/C19H26N2O2/c1-12-7-8-14-5-3-4-6-15(14)18(12)21-17(22)9-10-20-19(23)16-11-13(16)2/h3-6,12-13,16,18H,7-11H2,1-2H3,(H,20,23)(H,21,22)/t12-,13-,16+,18+/m1/s1. The first-order chi connectivity index (χ1) is 11.1. The fourth-order valence-corrected chi connectivity index (χ4v) is 3.51. The highest BCUT2D eigenvalue weighted by Gasteiger charge is 2.38. The molecule has 0 radical (unpaired) electrons. The Bertz CT molecular complexity index is 599. The molecule has 2 aliphatic rings. The van der Waals surface area contributed by atoms with Crippen LogP contribution in [-0.4, -0.2) is 18.4 Å². The summed E-state index contributed by atoms with van der Waals surface area (Å²) < 4.78 is 0. The highest BCUT2D eigenvalue weighted by Crippen LogP contribution is 2.37. The van der Waals surface area contributed by atoms with Gasteiger partial charge in [0.05, 0.1) is 6.04 Å². The van der Waals surface area contributed by atoms with Crippen molar-refractivity contribution in [1.29, 1.82) is 0 Å². The lowest BCUT2D eigenvalue weighted by Gasteiger charge is -2.32. The number of rotatable bonds is 5. The van der Waals surface area contributed by atoms with Crippen LogP contribution in [0.3, 0.4) is 0 Å². The number of hydrogen-bond acceptors (Lipinski definition) is 2. The van der Waals surface area contributed by atoms with E-state index >= 15 is 0 Å². The second-order valence-electron chi connectivity index (χ2n) is 7.12. The van der Waals surface area contributed by atoms with Crippen LogP contribution in [0.1, 0.15) is 50.3 Å². The molecule has 124 valence electrons. The highest BCUT2D eigenvalue weighted by atomic mass is 16.2. The van der Waals surface area contributed by atoms with Crippen LogP contribution in [0.25, 0.3) is 0 Å². The van der Waals surface area contributed by atoms with Gasteiger partial charge in [-0.3, -0.25) is 9.59 Å². The first kappa shape index (κ1) is 16.0. The van der Waals surface area contributed by atoms with Crippen LogP contribution in [0.15, 0.2) is 24.3 Å². The van der Waals surface area contributed by atoms with Crippen molar-refractivity contribution in [2.45, 2.75) is 45.6 Å². The fourth-order valence-electron chi connectivity index (χ4n) is 3.51. The number of hydrogen-bond donors (Lipinski definition) is 2. The Kier molecular flexibility index (Phi) is 4.69. The van der Waals surface area contributed by atoms with Gasteiger partial charge in [0, 0.05) is 18.9 Å². The Labute approximate surface area is 138 Å². The van der Waals surface area contributed by atoms with Gasteiger partial charge in [0.15, 0.2) is 0 Å². The molecule has 1 aromatic carbocycles. The second kappa shape index (κ2) is 6.73. The minimum Gasteiger partial charge on any atom is -0.355 e. The molecule has 0 spiro atoms. The molecule has 0 unspecified atom stereocenters. The van der Waals surface area contributed by atoms with Gasteiger partial charge in [-0.1, -0.05) is 38.1 Å². The van der Waals surface area contributed by atoms with E-state index in [1.807, 2.05) is 6.07 Å². The van der Waals surface area contributed by atoms with Gasteiger partial charge in [-0.2, -0.15) is 0 Å². The van der Waals surface area contributed by atoms with E-state index in [1.165, 1.54) is 11.1 Å². The molecule has 0 aromatic heterocycles. The largest absolute Gasteiger partial charge is 0.355 e. The van der Waals surface area contributed by atoms with Crippen LogP contribution in [0.4, 0.5) is 0 Å². The summed E-state index contributed by atoms with van der Waals surface area (Å²) in [5.74, 6) is 1.23. The molecule has 4 atom stereocenters. The zero-order valence-electron chi connectivity index (χ0n) is 14.0. The molecule has 0 heterocycles. The van der Waals surface area contributed by atoms with Gasteiger partial charge in [-0.25, -0.2) is 0 Å². The van der Waals surface area contributed by atoms with E-state index in [-0.39, 0.29) is 23.8 Å². The van der Waals surface area contributed by atoms with Crippen molar-refractivity contribution < 1.29 is 9.59 Å². The monoisotopic (exact) mass is 314 g/mol. The topological polar surface area (TPSA) is 58.2 Å². The van der Waals surface area contributed by atoms with Crippen molar-refractivity contribution in [1.82, 2.24) is 10.6 Å². The van der Waals surface area contributed by atoms with E-state index in [0.29, 0.717) is 24.8 Å². The Balaban J connectivity index is 1.50. The molecular weight excluding hydrogens is 288 g/mol. The van der Waals surface area contributed by atoms with E-state index < -0.39 is 0 Å². The lowest BCUT2D eigenvalue weighted by molar-refractivity contribution is -0.123. The van der Waals surface area contributed by atoms with E-state index in [2.05, 4.69) is 42.7 Å². The van der Waals surface area contributed by atoms with Crippen molar-refractivity contribution in [3.05, 3.63) is 35.4 Å². The molecule has 1 saturated carbocycles. The van der Waals surface area contributed by atoms with Crippen molar-refractivity contribution in [3.8, 4) is 0 Å². The molecule has 0 aliphatic heterocycles. The molecule has 3 rings (SSSR count). The predicted molar refractivity (Wildman–Crippen MR) is 89.7 cm³/mol. The Morgan fingerprint density at radius 3 is 2.65 bits per heavy atom. The summed E-state index contributed by atoms with van der Waals surface area (Å²) in [6.45, 7) is 4.70. The molecule has 4 heteroatoms. The SMILES string of the molecule is C[C@@H]1C[C@@H]1C(=O)NCCC(=O)N[C@@H]1c2ccccc2CC[C@H]1C. The molecule has 0 bridgehead atoms. The van der Waals surface area contributed by atoms with Gasteiger partial charge in [0.25, 0.3) is 0 Å². The molecule has 1 fully saturated rings. The molecule has 0 saturated heterocycles. The van der Waals surface area contributed by atoms with Crippen LogP contribution in [0.2, 0.25) is 0 Å². The normalized spacial score (nSPS) is 28.6. The lowest BCUT2D eigenvalue weighted by Crippen LogP contribution is -2.37. The van der Waals surface area contributed by atoms with Crippen molar-refractivity contribution in [2.24, 2.45) is 17.8 Å². The summed E-state index contributed by atoms with van der Waals surface area (Å²) in [6, 6.07) is 8.45. The van der Waals surface area contributed by atoms with Gasteiger partial charge in [0.1, 0.15) is 0 Å². The van der Waals surface area contributed by atoms with E-state index in [4.69, 9.17) is 0 Å². The summed E-state index contributed by atoms with van der Waals surface area (Å²) >= 11 is 0. The molecule has 1 aromatic rings. The lowest BCUT2D eigenvalue weighted by atomic mass is 9.80. The number of nitrogens with one attached hydrogen (secondary N) is 2. The maximum Gasteiger partial charge on any atom is 0.223 e. The Morgan fingerprint density at radius 1 is 1.17 bits per heavy atom. The summed E-state index contributed by atoms with van der Waals surface area (Å²) in [5.41, 5.74) is 2.59. The Morgan fingerprint density at radius 2 is 1.91 bits per heavy atom. The quantitative estimate of drug-likeness (QED) is 0.877. The van der Waals surface area contributed by atoms with Crippen LogP contribution in [0, 0.1) is 17.8 Å². The predicted octanol–water partition coefficient (Wildman–Crippen LogP) is 2.59. The van der Waals surface area contributed by atoms with Crippen molar-refractivity contribution >= 4 is 11.8 Å². The zero-order valence-corrected chi connectivity index (χ0v) is 14.0. The number of aryl methyl sites for hydroxylation is 1. The van der Waals surface area contributed by atoms with Crippen molar-refractivity contribution in [2.75, 3.05) is 6.54 Å². The molecule has 2 aliphatic carbocycles.